The molecule has 35 heteroatoms. The van der Waals surface area contributed by atoms with E-state index in [9.17, 15) is 49.3 Å². The van der Waals surface area contributed by atoms with Crippen molar-refractivity contribution < 1.29 is 86.7 Å². The molecule has 18 rings (SSSR count). The number of fused-ring (bicyclic) bond motifs is 9. The lowest BCUT2D eigenvalue weighted by molar-refractivity contribution is 0.00428. The lowest BCUT2D eigenvalue weighted by Crippen LogP contribution is -2.43. The number of aromatic nitrogens is 6. The predicted octanol–water partition coefficient (Wildman–Crippen LogP) is 14.8. The van der Waals surface area contributed by atoms with Gasteiger partial charge in [-0.1, -0.05) is 50.2 Å². The summed E-state index contributed by atoms with van der Waals surface area (Å²) in [7, 11) is -17.4. The predicted molar refractivity (Wildman–Crippen MR) is 499 cm³/mol. The molecule has 6 fully saturated rings. The zero-order valence-electron chi connectivity index (χ0n) is 73.3. The van der Waals surface area contributed by atoms with E-state index in [1.54, 1.807) is 80.2 Å². The van der Waals surface area contributed by atoms with Crippen molar-refractivity contribution in [1.29, 1.82) is 0 Å². The molecule has 6 N–H and O–H groups in total. The highest BCUT2D eigenvalue weighted by Gasteiger charge is 2.40. The third-order valence-corrected chi connectivity index (χ3v) is 33.2. The van der Waals surface area contributed by atoms with Crippen molar-refractivity contribution in [2.75, 3.05) is 158 Å². The maximum atomic E-state index is 13.0. The van der Waals surface area contributed by atoms with Crippen LogP contribution in [-0.2, 0) is 61.9 Å². The first kappa shape index (κ1) is 93.5. The summed E-state index contributed by atoms with van der Waals surface area (Å²) in [4.78, 5) is 50.4. The van der Waals surface area contributed by atoms with Crippen molar-refractivity contribution >= 4 is 119 Å². The van der Waals surface area contributed by atoms with Gasteiger partial charge in [0, 0.05) is 123 Å². The van der Waals surface area contributed by atoms with Crippen LogP contribution in [0.3, 0.4) is 0 Å². The zero-order valence-corrected chi connectivity index (χ0v) is 78.4. The average molecular weight is 1850 g/mol. The number of aliphatic hydroxyl groups excluding tert-OH is 1. The number of ether oxygens (including phenoxy) is 6. The zero-order chi connectivity index (χ0) is 89.7. The number of rotatable bonds is 31. The molecular weight excluding hydrogens is 1740 g/mol. The number of phosphoric acid groups is 1. The fraction of sp³-hybridized carbons (Fsp3) is 0.446. The van der Waals surface area contributed by atoms with Crippen LogP contribution in [0, 0.1) is 20.8 Å². The second-order valence-corrected chi connectivity index (χ2v) is 46.9. The van der Waals surface area contributed by atoms with Crippen molar-refractivity contribution in [3.63, 3.8) is 0 Å². The van der Waals surface area contributed by atoms with Crippen LogP contribution in [0.25, 0.3) is 99.2 Å². The highest BCUT2D eigenvalue weighted by molar-refractivity contribution is 7.93. The normalized spacial score (nSPS) is 17.4. The molecule has 29 nitrogen and oxygen atoms in total. The standard InChI is InChI=1S/C30H36N3O6PS.C28H32N3O8PS.C28H31N3O5S.C6H16NP/c1-20-15-26-28-25(21-5-4-6-24(16-21)41(35,36)23-7-8-23)9-10-27(29(28)32-30(26)31-17-20)38-19-22(39-40(2,3)34)18-33-11-13-37-14-12-33;1-18-13-24-26-23(19-3-2-4-22(14-19)41(35,36)21-5-6-21)7-8-25(27(26)30-28(24)29-15-18)38-17-20(39-40(32,33)34)16-31-9-11-37-12-10-31;1-18-13-24-26-23(19-3-2-4-22(14-19)37(33,34)21-5-6-21)7-8-25(27(26)30-28(24)29-15-18)36-17-20(32)16-31-9-11-35-12-10-31;1-5-7(6-2)8(3)4/h4-6,9-10,15-17,22-23H,7-8,11-14,18-19H2,1-3H3,(H,31,32);2-4,7-8,13-15,20-21H,5-6,9-12,16-17H2,1H3,(H,29,30)(H2,32,33,34);2-4,7-8,13-15,20-21,32H,5-6,9-12,16-17H2,1H3,(H,29,30);5-6H2,1-4H3/t22-;2*20-;/m111./s1. The third-order valence-electron chi connectivity index (χ3n) is 23.4. The van der Waals surface area contributed by atoms with Crippen molar-refractivity contribution in [3.05, 3.63) is 163 Å². The maximum Gasteiger partial charge on any atom is 0.470 e. The minimum absolute atomic E-state index is 0.103. The lowest BCUT2D eigenvalue weighted by atomic mass is 9.99. The molecule has 3 atom stereocenters. The number of nitrogens with one attached hydrogen (secondary N) is 3. The quantitative estimate of drug-likeness (QED) is 0.0220. The molecule has 6 aromatic carbocycles. The molecule has 0 radical (unpaired) electrons. The van der Waals surface area contributed by atoms with Gasteiger partial charge in [-0.15, -0.1) is 0 Å². The van der Waals surface area contributed by atoms with E-state index in [0.717, 1.165) is 157 Å². The Hall–Kier alpha value is -8.17. The summed E-state index contributed by atoms with van der Waals surface area (Å²) in [5, 5.41) is 15.1. The number of sulfone groups is 3. The van der Waals surface area contributed by atoms with E-state index < -0.39 is 63.0 Å². The second-order valence-electron chi connectivity index (χ2n) is 34.0. The number of benzene rings is 6. The molecule has 6 aromatic heterocycles. The summed E-state index contributed by atoms with van der Waals surface area (Å²) in [5.74, 6) is 1.71. The van der Waals surface area contributed by atoms with Crippen LogP contribution in [0.1, 0.15) is 69.1 Å². The molecule has 3 saturated carbocycles. The number of hydrogen-bond acceptors (Lipinski definition) is 24. The third kappa shape index (κ3) is 23.1. The molecule has 9 heterocycles. The van der Waals surface area contributed by atoms with Gasteiger partial charge in [-0.2, -0.15) is 0 Å². The molecule has 0 bridgehead atoms. The Morgan fingerprint density at radius 3 is 1.07 bits per heavy atom. The number of morpholine rings is 3. The van der Waals surface area contributed by atoms with Gasteiger partial charge in [-0.25, -0.2) is 44.8 Å². The van der Waals surface area contributed by atoms with E-state index in [-0.39, 0.29) is 50.2 Å². The van der Waals surface area contributed by atoms with Gasteiger partial charge < -0.3 is 62.8 Å². The van der Waals surface area contributed by atoms with E-state index in [2.05, 4.69) is 83.7 Å². The number of aliphatic hydroxyl groups is 1. The number of H-pyrrole nitrogens is 3. The molecule has 127 heavy (non-hydrogen) atoms. The smallest absolute Gasteiger partial charge is 0.470 e. The Balaban J connectivity index is 0.000000141. The van der Waals surface area contributed by atoms with Gasteiger partial charge in [0.25, 0.3) is 0 Å². The lowest BCUT2D eigenvalue weighted by Gasteiger charge is -2.31. The number of aromatic amines is 3. The van der Waals surface area contributed by atoms with E-state index in [1.807, 2.05) is 92.7 Å². The molecule has 680 valence electrons. The minimum atomic E-state index is -4.76. The van der Waals surface area contributed by atoms with Gasteiger partial charge in [0.1, 0.15) is 72.3 Å². The molecule has 3 aliphatic heterocycles. The topological polar surface area (TPSA) is 370 Å². The Morgan fingerprint density at radius 2 is 0.780 bits per heavy atom. The van der Waals surface area contributed by atoms with E-state index in [1.165, 1.54) is 13.1 Å². The molecule has 12 aromatic rings. The van der Waals surface area contributed by atoms with Crippen LogP contribution >= 0.6 is 23.3 Å². The SMILES string of the molecule is CCN(CC)P(C)C.Cc1cnc2[nH]c3c(OC[C@@H](CN4CCOCC4)OP(=O)(O)O)ccc(-c4cccc(S(=O)(=O)C5CC5)c4)c3c2c1.Cc1cnc2[nH]c3c(OC[C@@H](CN4CCOCC4)OP(C)(C)=O)ccc(-c4cccc(S(=O)(=O)C5CC5)c4)c3c2c1.Cc1cnc2[nH]c3c(OC[C@H](O)CN4CCOCC4)ccc(-c4cccc(S(=O)(=O)C5CC5)c4)c3c2c1. The first-order chi connectivity index (χ1) is 60.8. The van der Waals surface area contributed by atoms with Crippen LogP contribution in [0.15, 0.2) is 161 Å². The van der Waals surface area contributed by atoms with Crippen LogP contribution in [0.4, 0.5) is 0 Å². The number of β-amino-alcohol motifs (C(OH)–C–C–N with tert-alkyl or cyclic N) is 1. The Labute approximate surface area is 743 Å². The Bertz CT molecular complexity index is 6130. The monoisotopic (exact) mass is 1850 g/mol. The van der Waals surface area contributed by atoms with Crippen molar-refractivity contribution in [1.82, 2.24) is 49.3 Å². The van der Waals surface area contributed by atoms with Gasteiger partial charge in [-0.05, 0) is 235 Å². The van der Waals surface area contributed by atoms with Crippen LogP contribution < -0.4 is 14.2 Å². The van der Waals surface area contributed by atoms with Crippen LogP contribution in [0.2, 0.25) is 0 Å². The summed E-state index contributed by atoms with van der Waals surface area (Å²) in [5.41, 5.74) is 12.3. The van der Waals surface area contributed by atoms with E-state index in [0.29, 0.717) is 122 Å². The highest BCUT2D eigenvalue weighted by Crippen LogP contribution is 2.47. The molecular formula is C92H115N10O19P3S3. The molecule has 6 aliphatic rings. The van der Waals surface area contributed by atoms with Gasteiger partial charge in [0.15, 0.2) is 36.9 Å². The Kier molecular flexibility index (Phi) is 29.7. The molecule has 0 spiro atoms. The Morgan fingerprint density at radius 1 is 0.465 bits per heavy atom. The second kappa shape index (κ2) is 40.3. The van der Waals surface area contributed by atoms with Gasteiger partial charge in [-0.3, -0.25) is 28.5 Å². The maximum absolute atomic E-state index is 13.0. The van der Waals surface area contributed by atoms with Crippen molar-refractivity contribution in [2.24, 2.45) is 0 Å². The summed E-state index contributed by atoms with van der Waals surface area (Å²) < 4.78 is 151. The van der Waals surface area contributed by atoms with E-state index >= 15 is 0 Å². The number of phosphoric ester groups is 1. The molecule has 3 aliphatic carbocycles. The van der Waals surface area contributed by atoms with Gasteiger partial charge in [0.05, 0.1) is 86.6 Å². The van der Waals surface area contributed by atoms with Gasteiger partial charge in [0.2, 0.25) is 0 Å². The van der Waals surface area contributed by atoms with Crippen LogP contribution in [-0.4, -0.2) is 282 Å². The largest absolute Gasteiger partial charge is 0.489 e. The number of nitrogens with zero attached hydrogens (tertiary/aromatic N) is 7. The minimum Gasteiger partial charge on any atom is -0.489 e. The average Bonchev–Trinajstić information content (AvgIpc) is 1.55. The van der Waals surface area contributed by atoms with Crippen molar-refractivity contribution in [3.8, 4) is 50.6 Å². The summed E-state index contributed by atoms with van der Waals surface area (Å²) in [6.45, 7) is 30.5. The molecule has 0 unspecified atom stereocenters. The summed E-state index contributed by atoms with van der Waals surface area (Å²) >= 11 is 0. The number of aryl methyl sites for hydroxylation is 3. The van der Waals surface area contributed by atoms with Crippen LogP contribution in [0.5, 0.6) is 17.2 Å². The first-order valence-corrected chi connectivity index (χ1v) is 54.3. The summed E-state index contributed by atoms with van der Waals surface area (Å²) in [6.07, 6.45) is 7.74. The first-order valence-electron chi connectivity index (χ1n) is 43.4. The van der Waals surface area contributed by atoms with E-state index in [4.69, 9.17) is 37.5 Å². The number of pyridine rings is 3. The molecule has 3 saturated heterocycles. The highest BCUT2D eigenvalue weighted by atomic mass is 32.2. The van der Waals surface area contributed by atoms with Gasteiger partial charge >= 0.3 is 7.82 Å². The summed E-state index contributed by atoms with van der Waals surface area (Å²) in [6, 6.07) is 38.9. The van der Waals surface area contributed by atoms with Crippen molar-refractivity contribution in [2.45, 2.75) is 122 Å². The fourth-order valence-electron chi connectivity index (χ4n) is 16.6. The fourth-order valence-corrected chi connectivity index (χ4v) is 24.2. The number of hydrogen-bond donors (Lipinski definition) is 6. The molecule has 0 amide bonds.